The lowest BCUT2D eigenvalue weighted by molar-refractivity contribution is 0.334. The van der Waals surface area contributed by atoms with Gasteiger partial charge in [0, 0.05) is 0 Å². The molecule has 2 aromatic rings. The molecular weight excluding hydrogens is 304 g/mol. The molecule has 0 N–H and O–H groups in total. The number of aryl methyl sites for hydroxylation is 1. The number of ether oxygens (including phenoxy) is 2. The fourth-order valence-corrected chi connectivity index (χ4v) is 2.96. The van der Waals surface area contributed by atoms with Crippen LogP contribution in [0.2, 0.25) is 0 Å². The maximum Gasteiger partial charge on any atom is 0.300 e. The van der Waals surface area contributed by atoms with E-state index in [0.29, 0.717) is 11.5 Å². The Morgan fingerprint density at radius 3 is 2.32 bits per heavy atom. The molecule has 118 valence electrons. The van der Waals surface area contributed by atoms with E-state index in [0.717, 1.165) is 5.56 Å². The van der Waals surface area contributed by atoms with E-state index in [1.54, 1.807) is 43.3 Å². The van der Waals surface area contributed by atoms with Gasteiger partial charge in [0.15, 0.2) is 11.5 Å². The highest BCUT2D eigenvalue weighted by Crippen LogP contribution is 2.35. The molecule has 0 amide bonds. The van der Waals surface area contributed by atoms with Gasteiger partial charge in [-0.1, -0.05) is 18.2 Å². The summed E-state index contributed by atoms with van der Waals surface area (Å²) in [4.78, 5) is -0.00847. The molecule has 0 atom stereocenters. The number of hydrogen-bond donors (Lipinski definition) is 0. The number of para-hydroxylation sites is 2. The molecule has 0 fully saturated rings. The van der Waals surface area contributed by atoms with Gasteiger partial charge < -0.3 is 9.47 Å². The maximum atomic E-state index is 12.2. The highest BCUT2D eigenvalue weighted by Gasteiger charge is 2.21. The zero-order chi connectivity index (χ0) is 16.2. The minimum Gasteiger partial charge on any atom is -0.493 e. The Morgan fingerprint density at radius 2 is 1.68 bits per heavy atom. The molecule has 0 bridgehead atoms. The monoisotopic (exact) mass is 322 g/mol. The lowest BCUT2D eigenvalue weighted by Crippen LogP contribution is -2.08. The molecule has 0 saturated heterocycles. The second kappa shape index (κ2) is 6.81. The van der Waals surface area contributed by atoms with Crippen LogP contribution in [-0.4, -0.2) is 22.1 Å². The predicted octanol–water partition coefficient (Wildman–Crippen LogP) is 3.52. The van der Waals surface area contributed by atoms with Crippen molar-refractivity contribution < 1.29 is 22.1 Å². The number of rotatable bonds is 6. The van der Waals surface area contributed by atoms with Crippen molar-refractivity contribution >= 4 is 10.1 Å². The van der Waals surface area contributed by atoms with E-state index in [4.69, 9.17) is 13.7 Å². The van der Waals surface area contributed by atoms with E-state index in [1.165, 1.54) is 13.2 Å². The van der Waals surface area contributed by atoms with Gasteiger partial charge in [0.25, 0.3) is 0 Å². The third-order valence-electron chi connectivity index (χ3n) is 2.93. The summed E-state index contributed by atoms with van der Waals surface area (Å²) < 4.78 is 40.2. The fraction of sp³-hybridized carbons (Fsp3) is 0.250. The Morgan fingerprint density at radius 1 is 1.00 bits per heavy atom. The van der Waals surface area contributed by atoms with Crippen LogP contribution in [0.15, 0.2) is 47.4 Å². The van der Waals surface area contributed by atoms with E-state index < -0.39 is 10.1 Å². The van der Waals surface area contributed by atoms with Gasteiger partial charge in [-0.25, -0.2) is 0 Å². The molecule has 0 aromatic heterocycles. The summed E-state index contributed by atoms with van der Waals surface area (Å²) in [5.74, 6) is 1.16. The summed E-state index contributed by atoms with van der Waals surface area (Å²) in [7, 11) is -2.34. The van der Waals surface area contributed by atoms with Crippen molar-refractivity contribution in [1.29, 1.82) is 0 Å². The molecule has 0 saturated carbocycles. The lowest BCUT2D eigenvalue weighted by atomic mass is 10.2. The van der Waals surface area contributed by atoms with Gasteiger partial charge in [0.2, 0.25) is 0 Å². The van der Waals surface area contributed by atoms with Crippen molar-refractivity contribution in [2.24, 2.45) is 0 Å². The van der Waals surface area contributed by atoms with Crippen LogP contribution < -0.4 is 9.47 Å². The standard InChI is InChI=1S/C16H18O5S/c1-4-20-22(17,18)16-10-9-12(2)11-15(16)21-14-8-6-5-7-13(14)19-3/h5-11H,4H2,1-3H3. The van der Waals surface area contributed by atoms with Crippen LogP contribution in [0, 0.1) is 6.92 Å². The molecule has 5 nitrogen and oxygen atoms in total. The van der Waals surface area contributed by atoms with Crippen molar-refractivity contribution in [2.45, 2.75) is 18.7 Å². The first kappa shape index (κ1) is 16.3. The van der Waals surface area contributed by atoms with Crippen molar-refractivity contribution in [1.82, 2.24) is 0 Å². The van der Waals surface area contributed by atoms with Crippen LogP contribution >= 0.6 is 0 Å². The molecule has 0 spiro atoms. The topological polar surface area (TPSA) is 61.8 Å². The molecule has 0 aliphatic carbocycles. The highest BCUT2D eigenvalue weighted by molar-refractivity contribution is 7.86. The zero-order valence-corrected chi connectivity index (χ0v) is 13.5. The molecule has 0 aliphatic rings. The molecule has 0 heterocycles. The molecule has 2 aromatic carbocycles. The third kappa shape index (κ3) is 3.58. The van der Waals surface area contributed by atoms with Gasteiger partial charge >= 0.3 is 10.1 Å². The lowest BCUT2D eigenvalue weighted by Gasteiger charge is -2.14. The molecule has 0 unspecified atom stereocenters. The Labute approximate surface area is 130 Å². The number of benzene rings is 2. The highest BCUT2D eigenvalue weighted by atomic mass is 32.2. The smallest absolute Gasteiger partial charge is 0.300 e. The van der Waals surface area contributed by atoms with Gasteiger partial charge in [-0.2, -0.15) is 8.42 Å². The summed E-state index contributed by atoms with van der Waals surface area (Å²) in [6, 6.07) is 11.9. The van der Waals surface area contributed by atoms with Crippen LogP contribution in [0.25, 0.3) is 0 Å². The van der Waals surface area contributed by atoms with Crippen LogP contribution in [0.4, 0.5) is 0 Å². The second-order valence-electron chi connectivity index (χ2n) is 4.56. The van der Waals surface area contributed by atoms with Gasteiger partial charge in [-0.15, -0.1) is 0 Å². The quantitative estimate of drug-likeness (QED) is 0.762. The number of hydrogen-bond acceptors (Lipinski definition) is 5. The SMILES string of the molecule is CCOS(=O)(=O)c1ccc(C)cc1Oc1ccccc1OC. The molecule has 0 aliphatic heterocycles. The Kier molecular flexibility index (Phi) is 5.05. The van der Waals surface area contributed by atoms with Crippen LogP contribution in [0.3, 0.4) is 0 Å². The Bertz CT molecular complexity index is 753. The summed E-state index contributed by atoms with van der Waals surface area (Å²) in [5, 5.41) is 0. The Balaban J connectivity index is 2.48. The summed E-state index contributed by atoms with van der Waals surface area (Å²) in [6.45, 7) is 3.53. The van der Waals surface area contributed by atoms with Gasteiger partial charge in [0.1, 0.15) is 10.6 Å². The Hall–Kier alpha value is -2.05. The first-order valence-electron chi connectivity index (χ1n) is 6.79. The minimum absolute atomic E-state index is 0.00847. The van der Waals surface area contributed by atoms with Gasteiger partial charge in [-0.05, 0) is 43.7 Å². The van der Waals surface area contributed by atoms with Crippen LogP contribution in [-0.2, 0) is 14.3 Å². The van der Waals surface area contributed by atoms with Crippen molar-refractivity contribution in [3.8, 4) is 17.2 Å². The molecular formula is C16H18O5S. The first-order valence-corrected chi connectivity index (χ1v) is 8.19. The van der Waals surface area contributed by atoms with Crippen molar-refractivity contribution in [3.63, 3.8) is 0 Å². The minimum atomic E-state index is -3.86. The van der Waals surface area contributed by atoms with Gasteiger partial charge in [0.05, 0.1) is 13.7 Å². The molecule has 6 heteroatoms. The van der Waals surface area contributed by atoms with E-state index in [-0.39, 0.29) is 17.3 Å². The van der Waals surface area contributed by atoms with Crippen LogP contribution in [0.1, 0.15) is 12.5 Å². The average molecular weight is 322 g/mol. The molecule has 2 rings (SSSR count). The summed E-state index contributed by atoms with van der Waals surface area (Å²) >= 11 is 0. The van der Waals surface area contributed by atoms with Crippen LogP contribution in [0.5, 0.6) is 17.2 Å². The average Bonchev–Trinajstić information content (AvgIpc) is 2.47. The maximum absolute atomic E-state index is 12.2. The molecule has 22 heavy (non-hydrogen) atoms. The zero-order valence-electron chi connectivity index (χ0n) is 12.7. The third-order valence-corrected chi connectivity index (χ3v) is 4.35. The number of methoxy groups -OCH3 is 1. The molecule has 0 radical (unpaired) electrons. The summed E-state index contributed by atoms with van der Waals surface area (Å²) in [5.41, 5.74) is 0.875. The normalized spacial score (nSPS) is 11.2. The van der Waals surface area contributed by atoms with E-state index >= 15 is 0 Å². The van der Waals surface area contributed by atoms with E-state index in [1.807, 2.05) is 6.92 Å². The van der Waals surface area contributed by atoms with E-state index in [2.05, 4.69) is 0 Å². The predicted molar refractivity (Wildman–Crippen MR) is 83.1 cm³/mol. The van der Waals surface area contributed by atoms with Gasteiger partial charge in [-0.3, -0.25) is 4.18 Å². The van der Waals surface area contributed by atoms with E-state index in [9.17, 15) is 8.42 Å². The fourth-order valence-electron chi connectivity index (χ4n) is 1.94. The summed E-state index contributed by atoms with van der Waals surface area (Å²) in [6.07, 6.45) is 0. The first-order chi connectivity index (χ1) is 10.5. The second-order valence-corrected chi connectivity index (χ2v) is 6.15. The largest absolute Gasteiger partial charge is 0.493 e. The van der Waals surface area contributed by atoms with Crippen molar-refractivity contribution in [2.75, 3.05) is 13.7 Å². The van der Waals surface area contributed by atoms with Crippen molar-refractivity contribution in [3.05, 3.63) is 48.0 Å².